The van der Waals surface area contributed by atoms with E-state index in [0.717, 1.165) is 45.6 Å². The number of rotatable bonds is 4. The van der Waals surface area contributed by atoms with Gasteiger partial charge in [-0.25, -0.2) is 0 Å². The van der Waals surface area contributed by atoms with Crippen LogP contribution in [0.3, 0.4) is 0 Å². The summed E-state index contributed by atoms with van der Waals surface area (Å²) in [5.74, 6) is 0.661. The first-order valence-electron chi connectivity index (χ1n) is 10.2. The van der Waals surface area contributed by atoms with Gasteiger partial charge in [0.2, 0.25) is 11.8 Å². The van der Waals surface area contributed by atoms with Crippen LogP contribution in [0.15, 0.2) is 24.5 Å². The quantitative estimate of drug-likeness (QED) is 0.808. The molecule has 4 heterocycles. The van der Waals surface area contributed by atoms with Gasteiger partial charge in [-0.05, 0) is 24.5 Å². The van der Waals surface area contributed by atoms with Crippen molar-refractivity contribution < 1.29 is 9.59 Å². The van der Waals surface area contributed by atoms with E-state index in [-0.39, 0.29) is 23.7 Å². The number of carbonyl (C=O) groups is 2. The molecule has 1 aromatic heterocycles. The zero-order chi connectivity index (χ0) is 19.0. The third-order valence-electron chi connectivity index (χ3n) is 6.43. The van der Waals surface area contributed by atoms with Gasteiger partial charge in [-0.3, -0.25) is 19.5 Å². The number of hydrogen-bond donors (Lipinski definition) is 0. The summed E-state index contributed by atoms with van der Waals surface area (Å²) in [5.41, 5.74) is 0.744. The molecule has 3 fully saturated rings. The van der Waals surface area contributed by atoms with Crippen molar-refractivity contribution in [3.63, 3.8) is 0 Å². The summed E-state index contributed by atoms with van der Waals surface area (Å²) in [5, 5.41) is 0. The predicted molar refractivity (Wildman–Crippen MR) is 103 cm³/mol. The molecule has 3 aliphatic rings. The summed E-state index contributed by atoms with van der Waals surface area (Å²) in [4.78, 5) is 36.7. The van der Waals surface area contributed by atoms with Gasteiger partial charge >= 0.3 is 0 Å². The van der Waals surface area contributed by atoms with Crippen molar-refractivity contribution in [2.24, 2.45) is 17.3 Å². The van der Waals surface area contributed by atoms with Gasteiger partial charge in [0, 0.05) is 70.0 Å². The Morgan fingerprint density at radius 1 is 1.19 bits per heavy atom. The van der Waals surface area contributed by atoms with Crippen LogP contribution in [0.2, 0.25) is 0 Å². The lowest BCUT2D eigenvalue weighted by Crippen LogP contribution is -2.49. The highest BCUT2D eigenvalue weighted by atomic mass is 16.2. The standard InChI is InChI=1S/C21H30N4O2/c1-16(2)19(26)25-13-18-12-23(11-17-6-5-7-22-10-17)14-21(18,15-25)20(27)24-8-3-4-9-24/h5-7,10,16,18H,3-4,8-9,11-15H2,1-2H3/t18-,21-/m1/s1. The minimum atomic E-state index is -0.433. The molecular formula is C21H30N4O2. The number of pyridine rings is 1. The van der Waals surface area contributed by atoms with Gasteiger partial charge in [0.1, 0.15) is 0 Å². The number of likely N-dealkylation sites (tertiary alicyclic amines) is 3. The smallest absolute Gasteiger partial charge is 0.232 e. The molecule has 0 unspecified atom stereocenters. The van der Waals surface area contributed by atoms with Crippen molar-refractivity contribution in [2.75, 3.05) is 39.3 Å². The van der Waals surface area contributed by atoms with Crippen LogP contribution in [0.4, 0.5) is 0 Å². The minimum Gasteiger partial charge on any atom is -0.342 e. The van der Waals surface area contributed by atoms with Crippen LogP contribution in [0, 0.1) is 17.3 Å². The van der Waals surface area contributed by atoms with E-state index < -0.39 is 5.41 Å². The van der Waals surface area contributed by atoms with Crippen LogP contribution >= 0.6 is 0 Å². The lowest BCUT2D eigenvalue weighted by atomic mass is 9.79. The molecule has 3 saturated heterocycles. The summed E-state index contributed by atoms with van der Waals surface area (Å²) >= 11 is 0. The minimum absolute atomic E-state index is 0.0192. The highest BCUT2D eigenvalue weighted by Crippen LogP contribution is 2.45. The number of amides is 2. The molecule has 2 atom stereocenters. The first kappa shape index (κ1) is 18.4. The van der Waals surface area contributed by atoms with E-state index in [1.165, 1.54) is 5.56 Å². The molecule has 27 heavy (non-hydrogen) atoms. The van der Waals surface area contributed by atoms with E-state index in [0.29, 0.717) is 13.1 Å². The van der Waals surface area contributed by atoms with Gasteiger partial charge in [-0.15, -0.1) is 0 Å². The summed E-state index contributed by atoms with van der Waals surface area (Å²) in [6.45, 7) is 9.34. The van der Waals surface area contributed by atoms with Crippen molar-refractivity contribution in [3.8, 4) is 0 Å². The number of carbonyl (C=O) groups excluding carboxylic acids is 2. The van der Waals surface area contributed by atoms with Gasteiger partial charge in [0.15, 0.2) is 0 Å². The molecule has 0 spiro atoms. The Bertz CT molecular complexity index is 701. The molecule has 3 aliphatic heterocycles. The van der Waals surface area contributed by atoms with Crippen molar-refractivity contribution in [3.05, 3.63) is 30.1 Å². The van der Waals surface area contributed by atoms with E-state index in [4.69, 9.17) is 0 Å². The zero-order valence-corrected chi connectivity index (χ0v) is 16.4. The van der Waals surface area contributed by atoms with Gasteiger partial charge in [-0.1, -0.05) is 19.9 Å². The Morgan fingerprint density at radius 2 is 1.96 bits per heavy atom. The summed E-state index contributed by atoms with van der Waals surface area (Å²) in [7, 11) is 0. The van der Waals surface area contributed by atoms with E-state index in [2.05, 4.69) is 16.0 Å². The fourth-order valence-corrected chi connectivity index (χ4v) is 5.11. The highest BCUT2D eigenvalue weighted by Gasteiger charge is 2.59. The molecule has 0 aromatic carbocycles. The largest absolute Gasteiger partial charge is 0.342 e. The topological polar surface area (TPSA) is 56.8 Å². The monoisotopic (exact) mass is 370 g/mol. The predicted octanol–water partition coefficient (Wildman–Crippen LogP) is 1.62. The second kappa shape index (κ2) is 7.23. The van der Waals surface area contributed by atoms with Crippen molar-refractivity contribution >= 4 is 11.8 Å². The Balaban J connectivity index is 1.55. The highest BCUT2D eigenvalue weighted by molar-refractivity contribution is 5.87. The number of fused-ring (bicyclic) bond motifs is 1. The van der Waals surface area contributed by atoms with Gasteiger partial charge in [0.05, 0.1) is 5.41 Å². The molecule has 146 valence electrons. The Labute approximate surface area is 161 Å². The molecule has 6 nitrogen and oxygen atoms in total. The molecule has 0 aliphatic carbocycles. The van der Waals surface area contributed by atoms with Gasteiger partial charge < -0.3 is 9.80 Å². The normalized spacial score (nSPS) is 28.2. The van der Waals surface area contributed by atoms with E-state index in [1.807, 2.05) is 35.9 Å². The first-order valence-corrected chi connectivity index (χ1v) is 10.2. The maximum absolute atomic E-state index is 13.5. The van der Waals surface area contributed by atoms with Gasteiger partial charge in [-0.2, -0.15) is 0 Å². The van der Waals surface area contributed by atoms with Crippen LogP contribution in [-0.2, 0) is 16.1 Å². The van der Waals surface area contributed by atoms with Gasteiger partial charge in [0.25, 0.3) is 0 Å². The maximum atomic E-state index is 13.5. The second-order valence-electron chi connectivity index (χ2n) is 8.76. The van der Waals surface area contributed by atoms with Crippen LogP contribution in [0.5, 0.6) is 0 Å². The molecule has 2 amide bonds. The van der Waals surface area contributed by atoms with Crippen LogP contribution in [0.1, 0.15) is 32.3 Å². The first-order chi connectivity index (χ1) is 13.0. The molecule has 0 radical (unpaired) electrons. The van der Waals surface area contributed by atoms with E-state index in [9.17, 15) is 9.59 Å². The summed E-state index contributed by atoms with van der Waals surface area (Å²) in [6, 6.07) is 4.05. The zero-order valence-electron chi connectivity index (χ0n) is 16.4. The van der Waals surface area contributed by atoms with Crippen molar-refractivity contribution in [1.29, 1.82) is 0 Å². The maximum Gasteiger partial charge on any atom is 0.232 e. The summed E-state index contributed by atoms with van der Waals surface area (Å²) < 4.78 is 0. The SMILES string of the molecule is CC(C)C(=O)N1C[C@H]2CN(Cc3cccnc3)C[C@@]2(C(=O)N2CCCC2)C1. The lowest BCUT2D eigenvalue weighted by molar-refractivity contribution is -0.142. The van der Waals surface area contributed by atoms with Crippen LogP contribution in [0.25, 0.3) is 0 Å². The molecule has 4 rings (SSSR count). The second-order valence-corrected chi connectivity index (χ2v) is 8.76. The molecule has 6 heteroatoms. The molecule has 0 N–H and O–H groups in total. The molecular weight excluding hydrogens is 340 g/mol. The third-order valence-corrected chi connectivity index (χ3v) is 6.43. The average molecular weight is 370 g/mol. The Morgan fingerprint density at radius 3 is 2.63 bits per heavy atom. The summed E-state index contributed by atoms with van der Waals surface area (Å²) in [6.07, 6.45) is 5.88. The van der Waals surface area contributed by atoms with E-state index >= 15 is 0 Å². The Hall–Kier alpha value is -1.95. The third kappa shape index (κ3) is 3.35. The molecule has 0 bridgehead atoms. The number of nitrogens with zero attached hydrogens (tertiary/aromatic N) is 4. The molecule has 1 aromatic rings. The van der Waals surface area contributed by atoms with Crippen LogP contribution in [-0.4, -0.2) is 70.8 Å². The number of hydrogen-bond acceptors (Lipinski definition) is 4. The average Bonchev–Trinajstić information content (AvgIpc) is 3.36. The Kier molecular flexibility index (Phi) is 4.93. The fraction of sp³-hybridized carbons (Fsp3) is 0.667. The number of aromatic nitrogens is 1. The van der Waals surface area contributed by atoms with E-state index in [1.54, 1.807) is 6.20 Å². The van der Waals surface area contributed by atoms with Crippen molar-refractivity contribution in [2.45, 2.75) is 33.2 Å². The molecule has 0 saturated carbocycles. The van der Waals surface area contributed by atoms with Crippen LogP contribution < -0.4 is 0 Å². The fourth-order valence-electron chi connectivity index (χ4n) is 5.11. The lowest BCUT2D eigenvalue weighted by Gasteiger charge is -2.32. The van der Waals surface area contributed by atoms with Crippen molar-refractivity contribution in [1.82, 2.24) is 19.7 Å².